The number of amides is 1. The molecule has 0 aliphatic heterocycles. The molecule has 110 valence electrons. The van der Waals surface area contributed by atoms with E-state index in [0.717, 1.165) is 32.1 Å². The van der Waals surface area contributed by atoms with E-state index in [2.05, 4.69) is 12.2 Å². The summed E-state index contributed by atoms with van der Waals surface area (Å²) in [5.74, 6) is -0.664. The number of carbonyl (C=O) groups is 2. The molecule has 2 rings (SSSR count). The molecule has 0 aromatic carbocycles. The van der Waals surface area contributed by atoms with Gasteiger partial charge in [0.2, 0.25) is 11.7 Å². The Labute approximate surface area is 118 Å². The van der Waals surface area contributed by atoms with Crippen LogP contribution in [-0.4, -0.2) is 17.0 Å². The van der Waals surface area contributed by atoms with Crippen LogP contribution < -0.4 is 5.32 Å². The van der Waals surface area contributed by atoms with Crippen molar-refractivity contribution in [3.63, 3.8) is 0 Å². The predicted molar refractivity (Wildman–Crippen MR) is 73.3 cm³/mol. The Morgan fingerprint density at radius 1 is 1.30 bits per heavy atom. The van der Waals surface area contributed by atoms with Crippen LogP contribution in [0.15, 0.2) is 16.5 Å². The molecule has 1 amide bonds. The third-order valence-electron chi connectivity index (χ3n) is 4.26. The third-order valence-corrected chi connectivity index (χ3v) is 4.26. The molecule has 1 fully saturated rings. The molecule has 0 radical (unpaired) electrons. The summed E-state index contributed by atoms with van der Waals surface area (Å²) in [6, 6.07) is 2.99. The second-order valence-electron chi connectivity index (χ2n) is 5.45. The number of hydrogen-bond donors (Lipinski definition) is 2. The molecule has 5 heteroatoms. The first-order valence-corrected chi connectivity index (χ1v) is 7.18. The summed E-state index contributed by atoms with van der Waals surface area (Å²) in [7, 11) is 0. The van der Waals surface area contributed by atoms with Crippen LogP contribution in [-0.2, 0) is 11.3 Å². The van der Waals surface area contributed by atoms with Crippen LogP contribution in [0.2, 0.25) is 0 Å². The Morgan fingerprint density at radius 2 is 2.00 bits per heavy atom. The minimum Gasteiger partial charge on any atom is -0.475 e. The van der Waals surface area contributed by atoms with Crippen LogP contribution in [0.25, 0.3) is 0 Å². The van der Waals surface area contributed by atoms with Gasteiger partial charge in [-0.05, 0) is 31.4 Å². The predicted octanol–water partition coefficient (Wildman–Crippen LogP) is 2.95. The lowest BCUT2D eigenvalue weighted by Gasteiger charge is -2.34. The molecule has 0 spiro atoms. The highest BCUT2D eigenvalue weighted by Crippen LogP contribution is 2.39. The maximum atomic E-state index is 12.4. The van der Waals surface area contributed by atoms with Crippen LogP contribution in [0, 0.1) is 5.41 Å². The van der Waals surface area contributed by atoms with Gasteiger partial charge in [-0.1, -0.05) is 26.2 Å². The van der Waals surface area contributed by atoms with Gasteiger partial charge in [-0.3, -0.25) is 4.79 Å². The van der Waals surface area contributed by atoms with Crippen molar-refractivity contribution < 1.29 is 19.1 Å². The van der Waals surface area contributed by atoms with Crippen molar-refractivity contribution in [2.45, 2.75) is 52.0 Å². The highest BCUT2D eigenvalue weighted by atomic mass is 16.4. The van der Waals surface area contributed by atoms with E-state index >= 15 is 0 Å². The van der Waals surface area contributed by atoms with E-state index in [9.17, 15) is 9.59 Å². The second-order valence-corrected chi connectivity index (χ2v) is 5.45. The highest BCUT2D eigenvalue weighted by molar-refractivity contribution is 5.84. The van der Waals surface area contributed by atoms with E-state index in [0.29, 0.717) is 5.76 Å². The van der Waals surface area contributed by atoms with Crippen LogP contribution in [0.3, 0.4) is 0 Å². The monoisotopic (exact) mass is 279 g/mol. The SMILES string of the molecule is CCC1(C(=O)NCc2ccc(C(=O)O)o2)CCCCC1. The molecule has 1 aliphatic rings. The quantitative estimate of drug-likeness (QED) is 0.868. The highest BCUT2D eigenvalue weighted by Gasteiger charge is 2.37. The summed E-state index contributed by atoms with van der Waals surface area (Å²) in [4.78, 5) is 23.1. The van der Waals surface area contributed by atoms with Crippen LogP contribution in [0.1, 0.15) is 61.8 Å². The molecular weight excluding hydrogens is 258 g/mol. The number of hydrogen-bond acceptors (Lipinski definition) is 3. The summed E-state index contributed by atoms with van der Waals surface area (Å²) in [6.45, 7) is 2.30. The Bertz CT molecular complexity index is 486. The normalized spacial score (nSPS) is 17.6. The van der Waals surface area contributed by atoms with Crippen LogP contribution >= 0.6 is 0 Å². The number of aromatic carboxylic acids is 1. The zero-order chi connectivity index (χ0) is 14.6. The largest absolute Gasteiger partial charge is 0.475 e. The van der Waals surface area contributed by atoms with Gasteiger partial charge >= 0.3 is 5.97 Å². The molecule has 1 aromatic rings. The number of rotatable bonds is 5. The molecule has 1 aliphatic carbocycles. The minimum absolute atomic E-state index is 0.0629. The van der Waals surface area contributed by atoms with E-state index in [1.807, 2.05) is 0 Å². The van der Waals surface area contributed by atoms with Crippen LogP contribution in [0.5, 0.6) is 0 Å². The van der Waals surface area contributed by atoms with Gasteiger partial charge in [-0.25, -0.2) is 4.79 Å². The fraction of sp³-hybridized carbons (Fsp3) is 0.600. The molecule has 0 bridgehead atoms. The van der Waals surface area contributed by atoms with E-state index in [4.69, 9.17) is 9.52 Å². The maximum absolute atomic E-state index is 12.4. The summed E-state index contributed by atoms with van der Waals surface area (Å²) in [6.07, 6.45) is 6.13. The van der Waals surface area contributed by atoms with Crippen molar-refractivity contribution in [2.24, 2.45) is 5.41 Å². The number of carboxylic acid groups (broad SMARTS) is 1. The zero-order valence-corrected chi connectivity index (χ0v) is 11.8. The molecule has 0 saturated heterocycles. The lowest BCUT2D eigenvalue weighted by atomic mass is 9.71. The molecule has 5 nitrogen and oxygen atoms in total. The first-order valence-electron chi connectivity index (χ1n) is 7.18. The minimum atomic E-state index is -1.10. The summed E-state index contributed by atoms with van der Waals surface area (Å²) in [5, 5.41) is 11.7. The summed E-state index contributed by atoms with van der Waals surface area (Å²) < 4.78 is 5.14. The maximum Gasteiger partial charge on any atom is 0.371 e. The smallest absolute Gasteiger partial charge is 0.371 e. The van der Waals surface area contributed by atoms with E-state index in [-0.39, 0.29) is 23.6 Å². The number of carboxylic acids is 1. The van der Waals surface area contributed by atoms with Gasteiger partial charge < -0.3 is 14.8 Å². The Balaban J connectivity index is 1.94. The number of furan rings is 1. The topological polar surface area (TPSA) is 79.5 Å². The molecular formula is C15H21NO4. The first kappa shape index (κ1) is 14.6. The molecule has 0 unspecified atom stereocenters. The van der Waals surface area contributed by atoms with Gasteiger partial charge in [0.05, 0.1) is 6.54 Å². The first-order chi connectivity index (χ1) is 9.57. The van der Waals surface area contributed by atoms with Gasteiger partial charge in [0.1, 0.15) is 5.76 Å². The van der Waals surface area contributed by atoms with Crippen molar-refractivity contribution in [1.82, 2.24) is 5.32 Å². The number of nitrogens with one attached hydrogen (secondary N) is 1. The van der Waals surface area contributed by atoms with E-state index in [1.165, 1.54) is 12.5 Å². The van der Waals surface area contributed by atoms with E-state index < -0.39 is 5.97 Å². The lowest BCUT2D eigenvalue weighted by molar-refractivity contribution is -0.133. The second kappa shape index (κ2) is 6.11. The third kappa shape index (κ3) is 3.03. The van der Waals surface area contributed by atoms with Gasteiger partial charge in [0.15, 0.2) is 0 Å². The van der Waals surface area contributed by atoms with Gasteiger partial charge in [0, 0.05) is 5.41 Å². The van der Waals surface area contributed by atoms with Crippen molar-refractivity contribution in [2.75, 3.05) is 0 Å². The molecule has 0 atom stereocenters. The molecule has 20 heavy (non-hydrogen) atoms. The average molecular weight is 279 g/mol. The standard InChI is InChI=1S/C15H21NO4/c1-2-15(8-4-3-5-9-15)14(19)16-10-11-6-7-12(20-11)13(17)18/h6-7H,2-5,8-10H2,1H3,(H,16,19)(H,17,18). The number of carbonyl (C=O) groups excluding carboxylic acids is 1. The van der Waals surface area contributed by atoms with Gasteiger partial charge in [-0.2, -0.15) is 0 Å². The summed E-state index contributed by atoms with van der Waals surface area (Å²) in [5.41, 5.74) is -0.250. The van der Waals surface area contributed by atoms with Gasteiger partial charge in [0.25, 0.3) is 0 Å². The molecule has 1 saturated carbocycles. The van der Waals surface area contributed by atoms with Crippen molar-refractivity contribution in [3.8, 4) is 0 Å². The molecule has 1 aromatic heterocycles. The van der Waals surface area contributed by atoms with Crippen molar-refractivity contribution in [1.29, 1.82) is 0 Å². The molecule has 1 heterocycles. The lowest BCUT2D eigenvalue weighted by Crippen LogP contribution is -2.41. The van der Waals surface area contributed by atoms with Gasteiger partial charge in [-0.15, -0.1) is 0 Å². The summed E-state index contributed by atoms with van der Waals surface area (Å²) >= 11 is 0. The Kier molecular flexibility index (Phi) is 4.47. The average Bonchev–Trinajstić information content (AvgIpc) is 2.94. The fourth-order valence-corrected chi connectivity index (χ4v) is 2.91. The Morgan fingerprint density at radius 3 is 2.55 bits per heavy atom. The van der Waals surface area contributed by atoms with Crippen molar-refractivity contribution >= 4 is 11.9 Å². The van der Waals surface area contributed by atoms with Crippen molar-refractivity contribution in [3.05, 3.63) is 23.7 Å². The van der Waals surface area contributed by atoms with Crippen LogP contribution in [0.4, 0.5) is 0 Å². The molecule has 2 N–H and O–H groups in total. The Hall–Kier alpha value is -1.78. The zero-order valence-electron chi connectivity index (χ0n) is 11.8. The fourth-order valence-electron chi connectivity index (χ4n) is 2.91. The van der Waals surface area contributed by atoms with E-state index in [1.54, 1.807) is 6.07 Å².